The molecular formula is C52H56O30. The van der Waals surface area contributed by atoms with E-state index in [9.17, 15) is 102 Å². The molecule has 4 aliphatic rings. The molecule has 11 unspecified atom stereocenters. The van der Waals surface area contributed by atoms with Crippen molar-refractivity contribution in [1.29, 1.82) is 0 Å². The topological polar surface area (TPSA) is 498 Å². The first-order valence-corrected chi connectivity index (χ1v) is 24.7. The van der Waals surface area contributed by atoms with Gasteiger partial charge in [0.2, 0.25) is 12.6 Å². The number of aliphatic hydroxyl groups excluding tert-OH is 10. The number of fused-ring (bicyclic) bond motifs is 2. The van der Waals surface area contributed by atoms with Crippen molar-refractivity contribution in [2.45, 2.75) is 97.4 Å². The van der Waals surface area contributed by atoms with Gasteiger partial charge in [0, 0.05) is 47.5 Å². The molecule has 6 heterocycles. The SMILES string of the molecule is O=c1cc(-c2ccc(O)c(O)c2)oc2cc(OC3OC(COC4OCC(O)(CO)C4O)C(O)C(O)C3O)cc(O)c12.O=c1cc(-c2ccc(O)c(O)c2)oc2cc(O[C@H]3OC(COC4OC[C@](O)(CO)[C@H]4O)[C@H](O)[C@H](O)C3O)cc(O)c12. The van der Waals surface area contributed by atoms with Crippen molar-refractivity contribution in [2.75, 3.05) is 39.6 Å². The van der Waals surface area contributed by atoms with Crippen LogP contribution in [0.3, 0.4) is 0 Å². The molecule has 444 valence electrons. The summed E-state index contributed by atoms with van der Waals surface area (Å²) < 4.78 is 54.8. The van der Waals surface area contributed by atoms with E-state index in [1.807, 2.05) is 0 Å². The zero-order valence-corrected chi connectivity index (χ0v) is 42.2. The van der Waals surface area contributed by atoms with Gasteiger partial charge in [-0.25, -0.2) is 0 Å². The molecule has 6 aromatic rings. The van der Waals surface area contributed by atoms with E-state index in [0.29, 0.717) is 0 Å². The first kappa shape index (κ1) is 59.6. The molecule has 0 radical (unpaired) electrons. The minimum absolute atomic E-state index is 0.0107. The Labute approximate surface area is 458 Å². The Balaban J connectivity index is 0.000000198. The molecule has 4 aliphatic heterocycles. The molecule has 30 nitrogen and oxygen atoms in total. The molecule has 0 spiro atoms. The van der Waals surface area contributed by atoms with Crippen molar-refractivity contribution >= 4 is 21.9 Å². The molecule has 4 fully saturated rings. The van der Waals surface area contributed by atoms with Gasteiger partial charge >= 0.3 is 0 Å². The molecule has 0 amide bonds. The van der Waals surface area contributed by atoms with Crippen molar-refractivity contribution in [3.8, 4) is 68.6 Å². The highest BCUT2D eigenvalue weighted by molar-refractivity contribution is 5.87. The monoisotopic (exact) mass is 1160 g/mol. The van der Waals surface area contributed by atoms with Gasteiger partial charge in [0.1, 0.15) is 129 Å². The number of phenolic OH excluding ortho intramolecular Hbond substituents is 6. The summed E-state index contributed by atoms with van der Waals surface area (Å²) in [6.07, 6.45) is -22.5. The predicted octanol–water partition coefficient (Wildman–Crippen LogP) is -3.56. The van der Waals surface area contributed by atoms with Crippen molar-refractivity contribution in [2.24, 2.45) is 0 Å². The Morgan fingerprint density at radius 2 is 0.829 bits per heavy atom. The van der Waals surface area contributed by atoms with Gasteiger partial charge in [-0.15, -0.1) is 0 Å². The summed E-state index contributed by atoms with van der Waals surface area (Å²) in [4.78, 5) is 25.4. The fraction of sp³-hybridized carbons (Fsp3) is 0.423. The summed E-state index contributed by atoms with van der Waals surface area (Å²) >= 11 is 0. The third-order valence-corrected chi connectivity index (χ3v) is 13.9. The van der Waals surface area contributed by atoms with Gasteiger partial charge < -0.3 is 139 Å². The normalized spacial score (nSPS) is 31.9. The minimum Gasteiger partial charge on any atom is -0.507 e. The quantitative estimate of drug-likeness (QED) is 0.0469. The lowest BCUT2D eigenvalue weighted by Gasteiger charge is -2.40. The number of hydrogen-bond acceptors (Lipinski definition) is 30. The summed E-state index contributed by atoms with van der Waals surface area (Å²) in [6, 6.07) is 14.2. The van der Waals surface area contributed by atoms with Crippen LogP contribution in [-0.4, -0.2) is 229 Å². The van der Waals surface area contributed by atoms with Gasteiger partial charge in [-0.05, 0) is 36.4 Å². The fourth-order valence-electron chi connectivity index (χ4n) is 9.08. The van der Waals surface area contributed by atoms with Crippen LogP contribution >= 0.6 is 0 Å². The number of aliphatic hydroxyl groups is 12. The van der Waals surface area contributed by atoms with Crippen LogP contribution in [0.25, 0.3) is 44.6 Å². The van der Waals surface area contributed by atoms with Gasteiger partial charge in [-0.1, -0.05) is 0 Å². The van der Waals surface area contributed by atoms with E-state index in [4.69, 9.17) is 46.7 Å². The second-order valence-corrected chi connectivity index (χ2v) is 19.7. The number of phenols is 6. The lowest BCUT2D eigenvalue weighted by atomic mass is 9.99. The van der Waals surface area contributed by atoms with Gasteiger partial charge in [0.05, 0.1) is 39.6 Å². The van der Waals surface area contributed by atoms with Crippen molar-refractivity contribution in [1.82, 2.24) is 0 Å². The van der Waals surface area contributed by atoms with Crippen molar-refractivity contribution < 1.29 is 139 Å². The maximum absolute atomic E-state index is 12.7. The Hall–Kier alpha value is -7.02. The molecule has 16 atom stereocenters. The predicted molar refractivity (Wildman–Crippen MR) is 268 cm³/mol. The van der Waals surface area contributed by atoms with Crippen LogP contribution in [0.2, 0.25) is 0 Å². The van der Waals surface area contributed by atoms with Gasteiger partial charge in [0.25, 0.3) is 0 Å². The third kappa shape index (κ3) is 11.8. The number of rotatable bonds is 14. The highest BCUT2D eigenvalue weighted by Crippen LogP contribution is 2.38. The van der Waals surface area contributed by atoms with Crippen LogP contribution in [0, 0.1) is 0 Å². The van der Waals surface area contributed by atoms with E-state index in [-0.39, 0.29) is 67.6 Å². The van der Waals surface area contributed by atoms with Crippen LogP contribution in [0.1, 0.15) is 0 Å². The van der Waals surface area contributed by atoms with E-state index in [2.05, 4.69) is 0 Å². The maximum atomic E-state index is 12.7. The average molecular weight is 1160 g/mol. The average Bonchev–Trinajstić information content (AvgIpc) is 4.05. The Kier molecular flexibility index (Phi) is 17.2. The zero-order valence-electron chi connectivity index (χ0n) is 42.2. The third-order valence-electron chi connectivity index (χ3n) is 13.9. The van der Waals surface area contributed by atoms with Crippen LogP contribution in [-0.2, 0) is 28.4 Å². The van der Waals surface area contributed by atoms with Gasteiger partial charge in [-0.2, -0.15) is 0 Å². The smallest absolute Gasteiger partial charge is 0.229 e. The molecular weight excluding hydrogens is 1100 g/mol. The molecule has 0 bridgehead atoms. The summed E-state index contributed by atoms with van der Waals surface area (Å²) in [7, 11) is 0. The van der Waals surface area contributed by atoms with Crippen LogP contribution in [0.5, 0.6) is 46.0 Å². The molecule has 4 saturated heterocycles. The largest absolute Gasteiger partial charge is 0.507 e. The van der Waals surface area contributed by atoms with E-state index < -0.39 is 171 Å². The molecule has 2 aromatic heterocycles. The van der Waals surface area contributed by atoms with Crippen molar-refractivity contribution in [3.05, 3.63) is 93.2 Å². The highest BCUT2D eigenvalue weighted by Gasteiger charge is 2.52. The Morgan fingerprint density at radius 3 is 1.17 bits per heavy atom. The molecule has 18 N–H and O–H groups in total. The molecule has 0 saturated carbocycles. The first-order chi connectivity index (χ1) is 38.8. The summed E-state index contributed by atoms with van der Waals surface area (Å²) in [5.74, 6) is -3.11. The maximum Gasteiger partial charge on any atom is 0.229 e. The summed E-state index contributed by atoms with van der Waals surface area (Å²) in [6.45, 7) is -3.45. The number of benzene rings is 4. The lowest BCUT2D eigenvalue weighted by molar-refractivity contribution is -0.289. The summed E-state index contributed by atoms with van der Waals surface area (Å²) in [5, 5.41) is 181. The van der Waals surface area contributed by atoms with E-state index in [0.717, 1.165) is 24.3 Å². The molecule has 10 rings (SSSR count). The second-order valence-electron chi connectivity index (χ2n) is 19.7. The molecule has 4 aromatic carbocycles. The van der Waals surface area contributed by atoms with Crippen LogP contribution < -0.4 is 20.3 Å². The van der Waals surface area contributed by atoms with E-state index in [1.165, 1.54) is 48.5 Å². The standard InChI is InChI=1S/2C26H28O15/c2*27-8-26(36)9-38-25(23(26)35)37-7-18-20(32)21(33)22(34)24(41-18)39-11-4-14(30)19-15(31)6-16(40-17(19)5-11)10-1-2-12(28)13(29)3-10/h2*1-6,18,20-25,27-30,32-36H,7-9H2/t18?,20-,21-,22?,23-,24-,25?,26+;/m0./s1. The molecule has 82 heavy (non-hydrogen) atoms. The molecule has 0 aliphatic carbocycles. The van der Waals surface area contributed by atoms with Crippen molar-refractivity contribution in [3.63, 3.8) is 0 Å². The van der Waals surface area contributed by atoms with Crippen LogP contribution in [0.15, 0.2) is 91.2 Å². The van der Waals surface area contributed by atoms with Gasteiger partial charge in [0.15, 0.2) is 46.4 Å². The fourth-order valence-corrected chi connectivity index (χ4v) is 9.08. The molecule has 30 heteroatoms. The number of aromatic hydroxyl groups is 6. The number of hydrogen-bond donors (Lipinski definition) is 18. The zero-order chi connectivity index (χ0) is 59.3. The highest BCUT2D eigenvalue weighted by atomic mass is 16.7. The first-order valence-electron chi connectivity index (χ1n) is 24.7. The Morgan fingerprint density at radius 1 is 0.451 bits per heavy atom. The van der Waals surface area contributed by atoms with E-state index >= 15 is 0 Å². The Bertz CT molecular complexity index is 3170. The van der Waals surface area contributed by atoms with E-state index in [1.54, 1.807) is 0 Å². The lowest BCUT2D eigenvalue weighted by Crippen LogP contribution is -2.60. The minimum atomic E-state index is -1.95. The number of ether oxygens (including phenoxy) is 8. The summed E-state index contributed by atoms with van der Waals surface area (Å²) in [5.41, 5.74) is -4.98. The second kappa shape index (κ2) is 23.7. The van der Waals surface area contributed by atoms with Gasteiger partial charge in [-0.3, -0.25) is 9.59 Å². The van der Waals surface area contributed by atoms with Crippen LogP contribution in [0.4, 0.5) is 0 Å².